The van der Waals surface area contributed by atoms with Crippen LogP contribution in [0.15, 0.2) is 45.3 Å². The van der Waals surface area contributed by atoms with Crippen LogP contribution in [-0.2, 0) is 0 Å². The number of carbonyl (C=O) groups is 1. The Morgan fingerprint density at radius 2 is 1.89 bits per heavy atom. The van der Waals surface area contributed by atoms with Gasteiger partial charge >= 0.3 is 0 Å². The third-order valence-corrected chi connectivity index (χ3v) is 4.24. The van der Waals surface area contributed by atoms with Gasteiger partial charge in [-0.25, -0.2) is 4.39 Å². The Hall–Kier alpha value is -1.20. The van der Waals surface area contributed by atoms with Crippen molar-refractivity contribution < 1.29 is 9.18 Å². The maximum absolute atomic E-state index is 13.2. The maximum atomic E-state index is 13.2. The molecule has 0 aliphatic heterocycles. The van der Waals surface area contributed by atoms with Crippen molar-refractivity contribution >= 4 is 43.5 Å². The van der Waals surface area contributed by atoms with E-state index in [0.717, 1.165) is 10.0 Å². The number of anilines is 1. The summed E-state index contributed by atoms with van der Waals surface area (Å²) in [6, 6.07) is 9.53. The van der Waals surface area contributed by atoms with Crippen LogP contribution in [0, 0.1) is 12.7 Å². The van der Waals surface area contributed by atoms with Crippen molar-refractivity contribution in [3.8, 4) is 0 Å². The van der Waals surface area contributed by atoms with Gasteiger partial charge in [-0.3, -0.25) is 4.79 Å². The molecule has 2 aromatic carbocycles. The van der Waals surface area contributed by atoms with Crippen molar-refractivity contribution in [2.24, 2.45) is 0 Å². The minimum absolute atomic E-state index is 0.273. The molecule has 1 N–H and O–H groups in total. The minimum atomic E-state index is -0.399. The number of carbonyl (C=O) groups excluding carboxylic acids is 1. The second-order valence-corrected chi connectivity index (χ2v) is 5.70. The van der Waals surface area contributed by atoms with Crippen molar-refractivity contribution in [1.29, 1.82) is 0 Å². The highest BCUT2D eigenvalue weighted by Gasteiger charge is 2.12. The number of rotatable bonds is 2. The molecule has 0 aliphatic carbocycles. The van der Waals surface area contributed by atoms with Gasteiger partial charge in [0.2, 0.25) is 0 Å². The minimum Gasteiger partial charge on any atom is -0.321 e. The Labute approximate surface area is 127 Å². The molecule has 0 bridgehead atoms. The Morgan fingerprint density at radius 3 is 2.63 bits per heavy atom. The van der Waals surface area contributed by atoms with E-state index in [4.69, 9.17) is 0 Å². The zero-order valence-electron chi connectivity index (χ0n) is 10.0. The van der Waals surface area contributed by atoms with Gasteiger partial charge in [-0.2, -0.15) is 0 Å². The highest BCUT2D eigenvalue weighted by Crippen LogP contribution is 2.25. The van der Waals surface area contributed by atoms with Gasteiger partial charge in [0.25, 0.3) is 5.91 Å². The molecule has 0 radical (unpaired) electrons. The van der Waals surface area contributed by atoms with Crippen LogP contribution in [0.25, 0.3) is 0 Å². The van der Waals surface area contributed by atoms with E-state index in [1.807, 2.05) is 13.0 Å². The Morgan fingerprint density at radius 1 is 1.16 bits per heavy atom. The summed E-state index contributed by atoms with van der Waals surface area (Å²) in [4.78, 5) is 12.2. The van der Waals surface area contributed by atoms with Crippen molar-refractivity contribution in [2.45, 2.75) is 6.92 Å². The largest absolute Gasteiger partial charge is 0.321 e. The van der Waals surface area contributed by atoms with E-state index in [2.05, 4.69) is 37.2 Å². The van der Waals surface area contributed by atoms with E-state index >= 15 is 0 Å². The molecule has 0 saturated carbocycles. The molecule has 0 saturated heterocycles. The lowest BCUT2D eigenvalue weighted by Gasteiger charge is -2.10. The van der Waals surface area contributed by atoms with Gasteiger partial charge in [0, 0.05) is 14.5 Å². The van der Waals surface area contributed by atoms with Crippen LogP contribution >= 0.6 is 31.9 Å². The standard InChI is InChI=1S/C14H10Br2FNO/c1-8-10(3-2-4-11(8)15)14(19)18-13-7-9(17)5-6-12(13)16/h2-7H,1H3,(H,18,19). The molecule has 0 aliphatic rings. The van der Waals surface area contributed by atoms with E-state index in [1.165, 1.54) is 12.1 Å². The quantitative estimate of drug-likeness (QED) is 0.780. The molecular formula is C14H10Br2FNO. The first-order valence-electron chi connectivity index (χ1n) is 5.50. The average molecular weight is 387 g/mol. The fourth-order valence-corrected chi connectivity index (χ4v) is 2.35. The SMILES string of the molecule is Cc1c(Br)cccc1C(=O)Nc1cc(F)ccc1Br. The van der Waals surface area contributed by atoms with E-state index in [9.17, 15) is 9.18 Å². The summed E-state index contributed by atoms with van der Waals surface area (Å²) in [6.07, 6.45) is 0. The predicted octanol–water partition coefficient (Wildman–Crippen LogP) is 4.91. The van der Waals surface area contributed by atoms with Crippen molar-refractivity contribution in [1.82, 2.24) is 0 Å². The lowest BCUT2D eigenvalue weighted by atomic mass is 10.1. The summed E-state index contributed by atoms with van der Waals surface area (Å²) in [5, 5.41) is 2.69. The molecule has 5 heteroatoms. The third kappa shape index (κ3) is 3.22. The molecular weight excluding hydrogens is 377 g/mol. The molecule has 0 aromatic heterocycles. The Bertz CT molecular complexity index is 643. The summed E-state index contributed by atoms with van der Waals surface area (Å²) in [6.45, 7) is 1.85. The van der Waals surface area contributed by atoms with Gasteiger partial charge in [-0.05, 0) is 58.7 Å². The second kappa shape index (κ2) is 5.84. The number of halogens is 3. The molecule has 19 heavy (non-hydrogen) atoms. The normalized spacial score (nSPS) is 10.3. The van der Waals surface area contributed by atoms with Crippen LogP contribution in [0.5, 0.6) is 0 Å². The van der Waals surface area contributed by atoms with Gasteiger partial charge in [0.15, 0.2) is 0 Å². The van der Waals surface area contributed by atoms with E-state index < -0.39 is 5.82 Å². The highest BCUT2D eigenvalue weighted by atomic mass is 79.9. The fraction of sp³-hybridized carbons (Fsp3) is 0.0714. The lowest BCUT2D eigenvalue weighted by molar-refractivity contribution is 0.102. The molecule has 0 unspecified atom stereocenters. The van der Waals surface area contributed by atoms with Gasteiger partial charge in [0.05, 0.1) is 5.69 Å². The zero-order chi connectivity index (χ0) is 14.0. The summed E-state index contributed by atoms with van der Waals surface area (Å²) in [5.74, 6) is -0.672. The van der Waals surface area contributed by atoms with Gasteiger partial charge in [-0.15, -0.1) is 0 Å². The molecule has 98 valence electrons. The summed E-state index contributed by atoms with van der Waals surface area (Å²) in [7, 11) is 0. The first kappa shape index (κ1) is 14.2. The fourth-order valence-electron chi connectivity index (χ4n) is 1.64. The van der Waals surface area contributed by atoms with Crippen molar-refractivity contribution in [2.75, 3.05) is 5.32 Å². The summed E-state index contributed by atoms with van der Waals surface area (Å²) < 4.78 is 14.7. The highest BCUT2D eigenvalue weighted by molar-refractivity contribution is 9.10. The molecule has 2 nitrogen and oxygen atoms in total. The molecule has 2 rings (SSSR count). The zero-order valence-corrected chi connectivity index (χ0v) is 13.2. The third-order valence-electron chi connectivity index (χ3n) is 2.69. The van der Waals surface area contributed by atoms with Crippen LogP contribution in [0.2, 0.25) is 0 Å². The predicted molar refractivity (Wildman–Crippen MR) is 80.9 cm³/mol. The number of hydrogen-bond donors (Lipinski definition) is 1. The number of amides is 1. The first-order chi connectivity index (χ1) is 8.99. The van der Waals surface area contributed by atoms with E-state index in [-0.39, 0.29) is 5.91 Å². The van der Waals surface area contributed by atoms with E-state index in [0.29, 0.717) is 15.7 Å². The molecule has 0 heterocycles. The first-order valence-corrected chi connectivity index (χ1v) is 7.09. The second-order valence-electron chi connectivity index (χ2n) is 3.99. The molecule has 1 amide bonds. The van der Waals surface area contributed by atoms with E-state index in [1.54, 1.807) is 18.2 Å². The molecule has 0 spiro atoms. The van der Waals surface area contributed by atoms with Crippen LogP contribution in [0.1, 0.15) is 15.9 Å². The summed E-state index contributed by atoms with van der Waals surface area (Å²) in [5.41, 5.74) is 1.79. The van der Waals surface area contributed by atoms with Crippen molar-refractivity contribution in [3.05, 3.63) is 62.3 Å². The lowest BCUT2D eigenvalue weighted by Crippen LogP contribution is -2.14. The van der Waals surface area contributed by atoms with Gasteiger partial charge in [-0.1, -0.05) is 22.0 Å². The number of benzene rings is 2. The topological polar surface area (TPSA) is 29.1 Å². The van der Waals surface area contributed by atoms with Crippen LogP contribution in [0.4, 0.5) is 10.1 Å². The number of nitrogens with one attached hydrogen (secondary N) is 1. The average Bonchev–Trinajstić information content (AvgIpc) is 2.37. The van der Waals surface area contributed by atoms with Crippen LogP contribution in [0.3, 0.4) is 0 Å². The molecule has 0 fully saturated rings. The Balaban J connectivity index is 2.31. The van der Waals surface area contributed by atoms with Gasteiger partial charge < -0.3 is 5.32 Å². The molecule has 2 aromatic rings. The molecule has 0 atom stereocenters. The van der Waals surface area contributed by atoms with Crippen LogP contribution < -0.4 is 5.32 Å². The van der Waals surface area contributed by atoms with Gasteiger partial charge in [0.1, 0.15) is 5.82 Å². The van der Waals surface area contributed by atoms with Crippen molar-refractivity contribution in [3.63, 3.8) is 0 Å². The van der Waals surface area contributed by atoms with Crippen LogP contribution in [-0.4, -0.2) is 5.91 Å². The smallest absolute Gasteiger partial charge is 0.256 e. The summed E-state index contributed by atoms with van der Waals surface area (Å²) >= 11 is 6.65. The Kier molecular flexibility index (Phi) is 4.37. The monoisotopic (exact) mass is 385 g/mol. The maximum Gasteiger partial charge on any atom is 0.256 e. The number of hydrogen-bond acceptors (Lipinski definition) is 1.